The number of carbonyl (C=O) groups is 1. The van der Waals surface area contributed by atoms with Gasteiger partial charge in [-0.2, -0.15) is 0 Å². The molecule has 4 nitrogen and oxygen atoms in total. The van der Waals surface area contributed by atoms with E-state index in [9.17, 15) is 4.79 Å². The Morgan fingerprint density at radius 2 is 1.83 bits per heavy atom. The van der Waals surface area contributed by atoms with Crippen molar-refractivity contribution in [3.8, 4) is 11.5 Å². The van der Waals surface area contributed by atoms with E-state index in [4.69, 9.17) is 21.1 Å². The second-order valence-corrected chi connectivity index (χ2v) is 7.79. The van der Waals surface area contributed by atoms with Crippen LogP contribution in [0.2, 0.25) is 5.02 Å². The van der Waals surface area contributed by atoms with Crippen LogP contribution < -0.4 is 14.8 Å². The van der Waals surface area contributed by atoms with Crippen LogP contribution in [0, 0.1) is 0 Å². The highest BCUT2D eigenvalue weighted by Gasteiger charge is 2.24. The third-order valence-electron chi connectivity index (χ3n) is 4.60. The number of hydrogen-bond donors (Lipinski definition) is 1. The van der Waals surface area contributed by atoms with E-state index in [0.29, 0.717) is 28.7 Å². The molecule has 0 saturated heterocycles. The first kappa shape index (κ1) is 19.6. The molecule has 146 valence electrons. The van der Waals surface area contributed by atoms with Gasteiger partial charge in [-0.05, 0) is 47.5 Å². The van der Waals surface area contributed by atoms with Crippen molar-refractivity contribution in [1.29, 1.82) is 0 Å². The van der Waals surface area contributed by atoms with Crippen LogP contribution in [0.4, 0.5) is 5.69 Å². The number of nitrogens with one attached hydrogen (secondary N) is 1. The normalized spacial score (nSPS) is 13.9. The fourth-order valence-electron chi connectivity index (χ4n) is 3.11. The van der Waals surface area contributed by atoms with Gasteiger partial charge < -0.3 is 14.8 Å². The predicted octanol–water partition coefficient (Wildman–Crippen LogP) is 6.18. The fourth-order valence-corrected chi connectivity index (χ4v) is 3.68. The maximum absolute atomic E-state index is 12.4. The highest BCUT2D eigenvalue weighted by molar-refractivity contribution is 9.10. The molecule has 1 amide bonds. The second kappa shape index (κ2) is 8.31. The van der Waals surface area contributed by atoms with Crippen LogP contribution in [-0.4, -0.2) is 13.0 Å². The lowest BCUT2D eigenvalue weighted by molar-refractivity contribution is -0.110. The molecule has 0 fully saturated rings. The number of halogens is 2. The number of benzene rings is 3. The average molecular weight is 471 g/mol. The van der Waals surface area contributed by atoms with Crippen LogP contribution in [0.3, 0.4) is 0 Å². The number of fused-ring (bicyclic) bond motifs is 1. The van der Waals surface area contributed by atoms with E-state index in [2.05, 4.69) is 21.2 Å². The van der Waals surface area contributed by atoms with Crippen LogP contribution in [0.15, 0.2) is 65.1 Å². The van der Waals surface area contributed by atoms with Gasteiger partial charge in [0.05, 0.1) is 7.11 Å². The molecule has 0 aliphatic carbocycles. The van der Waals surface area contributed by atoms with Gasteiger partial charge >= 0.3 is 0 Å². The first-order valence-corrected chi connectivity index (χ1v) is 10.1. The van der Waals surface area contributed by atoms with Gasteiger partial charge in [0.1, 0.15) is 6.61 Å². The molecule has 0 aromatic heterocycles. The van der Waals surface area contributed by atoms with Crippen LogP contribution in [0.25, 0.3) is 11.6 Å². The smallest absolute Gasteiger partial charge is 0.256 e. The first-order valence-electron chi connectivity index (χ1n) is 8.92. The van der Waals surface area contributed by atoms with Gasteiger partial charge in [-0.25, -0.2) is 0 Å². The third-order valence-corrected chi connectivity index (χ3v) is 5.54. The lowest BCUT2D eigenvalue weighted by atomic mass is 10.0. The molecule has 3 aromatic rings. The molecular weight excluding hydrogens is 454 g/mol. The van der Waals surface area contributed by atoms with E-state index in [1.54, 1.807) is 7.11 Å². The largest absolute Gasteiger partial charge is 0.493 e. The summed E-state index contributed by atoms with van der Waals surface area (Å²) in [5, 5.41) is 3.57. The van der Waals surface area contributed by atoms with Crippen molar-refractivity contribution >= 4 is 50.8 Å². The Bertz CT molecular complexity index is 1110. The van der Waals surface area contributed by atoms with Crippen molar-refractivity contribution in [1.82, 2.24) is 0 Å². The van der Waals surface area contributed by atoms with E-state index >= 15 is 0 Å². The van der Waals surface area contributed by atoms with Crippen LogP contribution in [-0.2, 0) is 11.4 Å². The summed E-state index contributed by atoms with van der Waals surface area (Å²) in [6.07, 6.45) is 1.84. The summed E-state index contributed by atoms with van der Waals surface area (Å²) < 4.78 is 12.3. The molecule has 0 radical (unpaired) electrons. The maximum atomic E-state index is 12.4. The Morgan fingerprint density at radius 1 is 1.07 bits per heavy atom. The number of methoxy groups -OCH3 is 1. The minimum atomic E-state index is -0.125. The number of carbonyl (C=O) groups excluding carboxylic acids is 1. The van der Waals surface area contributed by atoms with Gasteiger partial charge in [0, 0.05) is 26.3 Å². The monoisotopic (exact) mass is 469 g/mol. The second-order valence-electron chi connectivity index (χ2n) is 6.50. The van der Waals surface area contributed by atoms with Gasteiger partial charge in [-0.3, -0.25) is 4.79 Å². The summed E-state index contributed by atoms with van der Waals surface area (Å²) >= 11 is 9.51. The molecule has 6 heteroatoms. The van der Waals surface area contributed by atoms with E-state index in [1.165, 1.54) is 0 Å². The average Bonchev–Trinajstić information content (AvgIpc) is 3.04. The zero-order valence-corrected chi connectivity index (χ0v) is 17.9. The lowest BCUT2D eigenvalue weighted by Gasteiger charge is -2.13. The molecule has 29 heavy (non-hydrogen) atoms. The van der Waals surface area contributed by atoms with Gasteiger partial charge in [0.2, 0.25) is 0 Å². The molecule has 1 aliphatic rings. The molecule has 0 spiro atoms. The number of amides is 1. The standard InChI is InChI=1S/C23H17BrClNO3/c1-28-21-11-15(10-18-17-4-2-3-5-20(17)26-23(18)27)19(24)12-22(21)29-13-14-6-8-16(25)9-7-14/h2-12H,13H2,1H3,(H,26,27). The summed E-state index contributed by atoms with van der Waals surface area (Å²) in [6, 6.07) is 18.8. The van der Waals surface area contributed by atoms with E-state index in [1.807, 2.05) is 66.7 Å². The fraction of sp³-hybridized carbons (Fsp3) is 0.0870. The molecule has 0 unspecified atom stereocenters. The number of rotatable bonds is 5. The molecule has 1 heterocycles. The summed E-state index contributed by atoms with van der Waals surface area (Å²) in [5.74, 6) is 1.06. The highest BCUT2D eigenvalue weighted by atomic mass is 79.9. The predicted molar refractivity (Wildman–Crippen MR) is 119 cm³/mol. The molecule has 0 atom stereocenters. The first-order chi connectivity index (χ1) is 14.0. The van der Waals surface area contributed by atoms with Crippen molar-refractivity contribution < 1.29 is 14.3 Å². The van der Waals surface area contributed by atoms with Crippen molar-refractivity contribution in [2.45, 2.75) is 6.61 Å². The summed E-state index contributed by atoms with van der Waals surface area (Å²) in [5.41, 5.74) is 4.12. The van der Waals surface area contributed by atoms with E-state index in [-0.39, 0.29) is 5.91 Å². The summed E-state index contributed by atoms with van der Waals surface area (Å²) in [7, 11) is 1.59. The molecular formula is C23H17BrClNO3. The number of ether oxygens (including phenoxy) is 2. The molecule has 3 aromatic carbocycles. The molecule has 0 saturated carbocycles. The van der Waals surface area contributed by atoms with Crippen molar-refractivity contribution in [3.63, 3.8) is 0 Å². The number of hydrogen-bond acceptors (Lipinski definition) is 3. The van der Waals surface area contributed by atoms with E-state index in [0.717, 1.165) is 26.9 Å². The van der Waals surface area contributed by atoms with E-state index < -0.39 is 0 Å². The van der Waals surface area contributed by atoms with Crippen molar-refractivity contribution in [2.75, 3.05) is 12.4 Å². The van der Waals surface area contributed by atoms with Crippen LogP contribution >= 0.6 is 27.5 Å². The van der Waals surface area contributed by atoms with Gasteiger partial charge in [0.15, 0.2) is 11.5 Å². The Hall–Kier alpha value is -2.76. The Kier molecular flexibility index (Phi) is 5.60. The van der Waals surface area contributed by atoms with Gasteiger partial charge in [-0.15, -0.1) is 0 Å². The minimum Gasteiger partial charge on any atom is -0.493 e. The molecule has 4 rings (SSSR count). The summed E-state index contributed by atoms with van der Waals surface area (Å²) in [6.45, 7) is 0.385. The minimum absolute atomic E-state index is 0.125. The molecule has 1 aliphatic heterocycles. The van der Waals surface area contributed by atoms with Crippen molar-refractivity contribution in [3.05, 3.63) is 86.8 Å². The Labute approximate surface area is 182 Å². The van der Waals surface area contributed by atoms with Gasteiger partial charge in [0.25, 0.3) is 5.91 Å². The zero-order chi connectivity index (χ0) is 20.4. The lowest BCUT2D eigenvalue weighted by Crippen LogP contribution is -2.03. The quantitative estimate of drug-likeness (QED) is 0.453. The molecule has 0 bridgehead atoms. The van der Waals surface area contributed by atoms with Gasteiger partial charge in [-0.1, -0.05) is 57.9 Å². The van der Waals surface area contributed by atoms with Crippen LogP contribution in [0.5, 0.6) is 11.5 Å². The third kappa shape index (κ3) is 4.16. The zero-order valence-electron chi connectivity index (χ0n) is 15.5. The number of para-hydroxylation sites is 1. The van der Waals surface area contributed by atoms with Crippen molar-refractivity contribution in [2.24, 2.45) is 0 Å². The number of anilines is 1. The SMILES string of the molecule is COc1cc(C=C2C(=O)Nc3ccccc32)c(Br)cc1OCc1ccc(Cl)cc1. The summed E-state index contributed by atoms with van der Waals surface area (Å²) in [4.78, 5) is 12.4. The van der Waals surface area contributed by atoms with Crippen LogP contribution in [0.1, 0.15) is 16.7 Å². The Morgan fingerprint density at radius 3 is 2.59 bits per heavy atom. The maximum Gasteiger partial charge on any atom is 0.256 e. The Balaban J connectivity index is 1.63. The molecule has 1 N–H and O–H groups in total. The topological polar surface area (TPSA) is 47.6 Å². The highest BCUT2D eigenvalue weighted by Crippen LogP contribution is 2.38.